The standard InChI is InChI=1S/C15H22N4O2/c1-18-8-9-19(13-5-3-2-4-12(13)18)10-11-6-7-14(21-11)15(20)17-16/h2-5,11,14H,6-10,16H2,1H3,(H,17,20). The number of carbonyl (C=O) groups is 1. The van der Waals surface area contributed by atoms with E-state index in [1.165, 1.54) is 11.4 Å². The van der Waals surface area contributed by atoms with Gasteiger partial charge < -0.3 is 14.5 Å². The second-order valence-corrected chi connectivity index (χ2v) is 5.69. The quantitative estimate of drug-likeness (QED) is 0.481. The summed E-state index contributed by atoms with van der Waals surface area (Å²) in [5.41, 5.74) is 4.65. The number of amides is 1. The highest BCUT2D eigenvalue weighted by molar-refractivity contribution is 5.80. The minimum atomic E-state index is -0.400. The van der Waals surface area contributed by atoms with Gasteiger partial charge in [0.15, 0.2) is 0 Å². The molecule has 114 valence electrons. The predicted molar refractivity (Wildman–Crippen MR) is 82.2 cm³/mol. The van der Waals surface area contributed by atoms with Crippen molar-refractivity contribution < 1.29 is 9.53 Å². The zero-order valence-corrected chi connectivity index (χ0v) is 12.3. The fourth-order valence-corrected chi connectivity index (χ4v) is 3.13. The van der Waals surface area contributed by atoms with E-state index in [0.717, 1.165) is 32.5 Å². The van der Waals surface area contributed by atoms with Crippen LogP contribution in [-0.4, -0.2) is 44.8 Å². The van der Waals surface area contributed by atoms with Gasteiger partial charge in [0.25, 0.3) is 5.91 Å². The van der Waals surface area contributed by atoms with Crippen LogP contribution in [0.1, 0.15) is 12.8 Å². The van der Waals surface area contributed by atoms with E-state index in [0.29, 0.717) is 0 Å². The van der Waals surface area contributed by atoms with Gasteiger partial charge in [-0.3, -0.25) is 10.2 Å². The smallest absolute Gasteiger partial charge is 0.263 e. The second kappa shape index (κ2) is 5.91. The lowest BCUT2D eigenvalue weighted by atomic mass is 10.1. The van der Waals surface area contributed by atoms with E-state index in [2.05, 4.69) is 46.5 Å². The first-order valence-electron chi connectivity index (χ1n) is 7.40. The Morgan fingerprint density at radius 3 is 2.86 bits per heavy atom. The number of hydrazine groups is 1. The summed E-state index contributed by atoms with van der Waals surface area (Å²) in [5.74, 6) is 4.94. The number of nitrogens with two attached hydrogens (primary N) is 1. The lowest BCUT2D eigenvalue weighted by Gasteiger charge is -2.38. The molecule has 2 atom stereocenters. The number of ether oxygens (including phenoxy) is 1. The highest BCUT2D eigenvalue weighted by atomic mass is 16.5. The van der Waals surface area contributed by atoms with Crippen molar-refractivity contribution in [3.05, 3.63) is 24.3 Å². The van der Waals surface area contributed by atoms with E-state index in [4.69, 9.17) is 10.6 Å². The molecule has 21 heavy (non-hydrogen) atoms. The Kier molecular flexibility index (Phi) is 3.98. The average Bonchev–Trinajstić information content (AvgIpc) is 2.98. The Morgan fingerprint density at radius 2 is 2.10 bits per heavy atom. The molecule has 6 nitrogen and oxygen atoms in total. The van der Waals surface area contributed by atoms with Crippen molar-refractivity contribution in [2.45, 2.75) is 25.0 Å². The van der Waals surface area contributed by atoms with Gasteiger partial charge >= 0.3 is 0 Å². The van der Waals surface area contributed by atoms with E-state index in [1.807, 2.05) is 0 Å². The molecule has 0 spiro atoms. The molecular formula is C15H22N4O2. The van der Waals surface area contributed by atoms with Gasteiger partial charge in [0.2, 0.25) is 0 Å². The van der Waals surface area contributed by atoms with E-state index in [9.17, 15) is 4.79 Å². The summed E-state index contributed by atoms with van der Waals surface area (Å²) in [6.45, 7) is 2.79. The fraction of sp³-hybridized carbons (Fsp3) is 0.533. The molecule has 1 amide bonds. The molecule has 2 unspecified atom stereocenters. The summed E-state index contributed by atoms with van der Waals surface area (Å²) < 4.78 is 5.81. The van der Waals surface area contributed by atoms with Gasteiger partial charge in [-0.05, 0) is 25.0 Å². The van der Waals surface area contributed by atoms with Crippen LogP contribution in [0.15, 0.2) is 24.3 Å². The molecule has 0 aliphatic carbocycles. The van der Waals surface area contributed by atoms with E-state index < -0.39 is 6.10 Å². The number of benzene rings is 1. The molecule has 1 aromatic rings. The Hall–Kier alpha value is -1.79. The summed E-state index contributed by atoms with van der Waals surface area (Å²) in [6.07, 6.45) is 1.32. The van der Waals surface area contributed by atoms with Gasteiger partial charge in [-0.2, -0.15) is 0 Å². The molecule has 6 heteroatoms. The topological polar surface area (TPSA) is 70.8 Å². The van der Waals surface area contributed by atoms with E-state index >= 15 is 0 Å². The average molecular weight is 290 g/mol. The highest BCUT2D eigenvalue weighted by Crippen LogP contribution is 2.33. The van der Waals surface area contributed by atoms with Crippen LogP contribution in [-0.2, 0) is 9.53 Å². The third kappa shape index (κ3) is 2.82. The van der Waals surface area contributed by atoms with Crippen molar-refractivity contribution >= 4 is 17.3 Å². The van der Waals surface area contributed by atoms with Gasteiger partial charge in [0.1, 0.15) is 6.10 Å². The molecule has 0 aromatic heterocycles. The van der Waals surface area contributed by atoms with Gasteiger partial charge in [-0.25, -0.2) is 5.84 Å². The number of anilines is 2. The molecule has 3 N–H and O–H groups in total. The molecule has 0 bridgehead atoms. The summed E-state index contributed by atoms with van der Waals surface area (Å²) in [7, 11) is 2.11. The summed E-state index contributed by atoms with van der Waals surface area (Å²) in [4.78, 5) is 16.1. The van der Waals surface area contributed by atoms with Crippen LogP contribution < -0.4 is 21.1 Å². The Balaban J connectivity index is 1.67. The largest absolute Gasteiger partial charge is 0.371 e. The van der Waals surface area contributed by atoms with Crippen molar-refractivity contribution in [1.29, 1.82) is 0 Å². The van der Waals surface area contributed by atoms with Gasteiger partial charge in [-0.1, -0.05) is 12.1 Å². The molecule has 2 heterocycles. The minimum Gasteiger partial charge on any atom is -0.371 e. The maximum Gasteiger partial charge on any atom is 0.263 e. The van der Waals surface area contributed by atoms with Crippen molar-refractivity contribution in [2.24, 2.45) is 5.84 Å². The number of hydrogen-bond acceptors (Lipinski definition) is 5. The molecule has 1 saturated heterocycles. The van der Waals surface area contributed by atoms with Crippen molar-refractivity contribution in [2.75, 3.05) is 36.5 Å². The Bertz CT molecular complexity index is 522. The third-order valence-corrected chi connectivity index (χ3v) is 4.31. The van der Waals surface area contributed by atoms with Crippen LogP contribution in [0.25, 0.3) is 0 Å². The molecule has 2 aliphatic heterocycles. The molecule has 1 fully saturated rings. The van der Waals surface area contributed by atoms with E-state index in [-0.39, 0.29) is 12.0 Å². The summed E-state index contributed by atoms with van der Waals surface area (Å²) in [5, 5.41) is 0. The normalized spacial score (nSPS) is 24.9. The fourth-order valence-electron chi connectivity index (χ4n) is 3.13. The molecule has 0 saturated carbocycles. The minimum absolute atomic E-state index is 0.0868. The third-order valence-electron chi connectivity index (χ3n) is 4.31. The van der Waals surface area contributed by atoms with Crippen LogP contribution in [0.2, 0.25) is 0 Å². The monoisotopic (exact) mass is 290 g/mol. The lowest BCUT2D eigenvalue weighted by molar-refractivity contribution is -0.131. The molecule has 3 rings (SSSR count). The number of likely N-dealkylation sites (N-methyl/N-ethyl adjacent to an activating group) is 1. The number of carbonyl (C=O) groups excluding carboxylic acids is 1. The van der Waals surface area contributed by atoms with Crippen LogP contribution in [0.5, 0.6) is 0 Å². The Labute approximate surface area is 124 Å². The van der Waals surface area contributed by atoms with Crippen LogP contribution in [0.4, 0.5) is 11.4 Å². The Morgan fingerprint density at radius 1 is 1.33 bits per heavy atom. The number of nitrogens with zero attached hydrogens (tertiary/aromatic N) is 2. The number of nitrogens with one attached hydrogen (secondary N) is 1. The molecule has 1 aromatic carbocycles. The van der Waals surface area contributed by atoms with E-state index in [1.54, 1.807) is 0 Å². The van der Waals surface area contributed by atoms with Gasteiger partial charge in [0.05, 0.1) is 17.5 Å². The number of fused-ring (bicyclic) bond motifs is 1. The van der Waals surface area contributed by atoms with Crippen LogP contribution >= 0.6 is 0 Å². The van der Waals surface area contributed by atoms with Gasteiger partial charge in [0, 0.05) is 26.7 Å². The summed E-state index contributed by atoms with van der Waals surface area (Å²) >= 11 is 0. The zero-order valence-electron chi connectivity index (χ0n) is 12.3. The number of para-hydroxylation sites is 2. The molecule has 0 radical (unpaired) electrons. The SMILES string of the molecule is CN1CCN(CC2CCC(C(=O)NN)O2)c2ccccc21. The van der Waals surface area contributed by atoms with Crippen LogP contribution in [0.3, 0.4) is 0 Å². The molecular weight excluding hydrogens is 268 g/mol. The zero-order chi connectivity index (χ0) is 14.8. The number of rotatable bonds is 3. The lowest BCUT2D eigenvalue weighted by Crippen LogP contribution is -2.43. The maximum atomic E-state index is 11.5. The predicted octanol–water partition coefficient (Wildman–Crippen LogP) is 0.480. The maximum absolute atomic E-state index is 11.5. The first-order valence-corrected chi connectivity index (χ1v) is 7.40. The highest BCUT2D eigenvalue weighted by Gasteiger charge is 2.32. The van der Waals surface area contributed by atoms with Gasteiger partial charge in [-0.15, -0.1) is 0 Å². The first-order chi connectivity index (χ1) is 10.2. The molecule has 2 aliphatic rings. The number of hydrogen-bond donors (Lipinski definition) is 2. The first kappa shape index (κ1) is 14.2. The van der Waals surface area contributed by atoms with Crippen molar-refractivity contribution in [3.63, 3.8) is 0 Å². The second-order valence-electron chi connectivity index (χ2n) is 5.69. The van der Waals surface area contributed by atoms with Crippen LogP contribution in [0, 0.1) is 0 Å². The summed E-state index contributed by atoms with van der Waals surface area (Å²) in [6, 6.07) is 8.41. The van der Waals surface area contributed by atoms with Crippen molar-refractivity contribution in [3.8, 4) is 0 Å². The van der Waals surface area contributed by atoms with Crippen molar-refractivity contribution in [1.82, 2.24) is 5.43 Å².